The maximum atomic E-state index is 4.67. The molecule has 0 aliphatic rings. The highest BCUT2D eigenvalue weighted by molar-refractivity contribution is 5.64. The van der Waals surface area contributed by atoms with Crippen molar-refractivity contribution in [3.05, 3.63) is 90.5 Å². The second-order valence-corrected chi connectivity index (χ2v) is 6.03. The fourth-order valence-corrected chi connectivity index (χ4v) is 2.63. The Morgan fingerprint density at radius 3 is 1.58 bits per heavy atom. The molecule has 126 valence electrons. The van der Waals surface area contributed by atoms with E-state index < -0.39 is 0 Å². The smallest absolute Gasteiger partial charge is 0.231 e. The fourth-order valence-electron chi connectivity index (χ4n) is 2.63. The van der Waals surface area contributed by atoms with Gasteiger partial charge in [0.25, 0.3) is 0 Å². The SMILES string of the molecule is Cc1ccc(Nc2nc(-c3ccccc3)nc(-c3ccccc3)n2)cc1. The molecule has 0 unspecified atom stereocenters. The zero-order chi connectivity index (χ0) is 17.8. The van der Waals surface area contributed by atoms with Gasteiger partial charge in [-0.1, -0.05) is 78.4 Å². The summed E-state index contributed by atoms with van der Waals surface area (Å²) in [6.45, 7) is 2.06. The van der Waals surface area contributed by atoms with E-state index in [1.165, 1.54) is 5.56 Å². The summed E-state index contributed by atoms with van der Waals surface area (Å²) in [6.07, 6.45) is 0. The van der Waals surface area contributed by atoms with Crippen LogP contribution in [0, 0.1) is 6.92 Å². The Hall–Kier alpha value is -3.53. The van der Waals surface area contributed by atoms with Crippen LogP contribution in [0.1, 0.15) is 5.56 Å². The standard InChI is InChI=1S/C22H18N4/c1-16-12-14-19(15-13-16)23-22-25-20(17-8-4-2-5-9-17)24-21(26-22)18-10-6-3-7-11-18/h2-15H,1H3,(H,23,24,25,26). The summed E-state index contributed by atoms with van der Waals surface area (Å²) in [4.78, 5) is 13.9. The van der Waals surface area contributed by atoms with Crippen molar-refractivity contribution in [3.8, 4) is 22.8 Å². The third kappa shape index (κ3) is 3.59. The van der Waals surface area contributed by atoms with Gasteiger partial charge in [0, 0.05) is 16.8 Å². The van der Waals surface area contributed by atoms with Crippen LogP contribution in [0.4, 0.5) is 11.6 Å². The van der Waals surface area contributed by atoms with Crippen molar-refractivity contribution in [1.82, 2.24) is 15.0 Å². The van der Waals surface area contributed by atoms with Crippen LogP contribution in [0.15, 0.2) is 84.9 Å². The topological polar surface area (TPSA) is 50.7 Å². The number of hydrogen-bond donors (Lipinski definition) is 1. The van der Waals surface area contributed by atoms with E-state index in [4.69, 9.17) is 0 Å². The van der Waals surface area contributed by atoms with E-state index in [9.17, 15) is 0 Å². The van der Waals surface area contributed by atoms with Gasteiger partial charge in [-0.05, 0) is 19.1 Å². The zero-order valence-electron chi connectivity index (χ0n) is 14.4. The average Bonchev–Trinajstić information content (AvgIpc) is 2.71. The Kier molecular flexibility index (Phi) is 4.39. The highest BCUT2D eigenvalue weighted by atomic mass is 15.2. The number of aryl methyl sites for hydroxylation is 1. The average molecular weight is 338 g/mol. The largest absolute Gasteiger partial charge is 0.324 e. The van der Waals surface area contributed by atoms with Gasteiger partial charge in [-0.15, -0.1) is 0 Å². The third-order valence-corrected chi connectivity index (χ3v) is 4.01. The molecule has 1 N–H and O–H groups in total. The lowest BCUT2D eigenvalue weighted by Crippen LogP contribution is -2.03. The summed E-state index contributed by atoms with van der Waals surface area (Å²) in [5.41, 5.74) is 4.07. The van der Waals surface area contributed by atoms with E-state index >= 15 is 0 Å². The van der Waals surface area contributed by atoms with Crippen LogP contribution in [0.25, 0.3) is 22.8 Å². The van der Waals surface area contributed by atoms with Gasteiger partial charge in [-0.3, -0.25) is 0 Å². The fraction of sp³-hybridized carbons (Fsp3) is 0.0455. The molecule has 0 aliphatic heterocycles. The molecule has 0 aliphatic carbocycles. The van der Waals surface area contributed by atoms with Crippen LogP contribution in [0.2, 0.25) is 0 Å². The van der Waals surface area contributed by atoms with Crippen LogP contribution >= 0.6 is 0 Å². The molecule has 0 amide bonds. The molecule has 0 saturated carbocycles. The van der Waals surface area contributed by atoms with Gasteiger partial charge in [0.1, 0.15) is 0 Å². The van der Waals surface area contributed by atoms with E-state index in [1.807, 2.05) is 72.8 Å². The first-order chi connectivity index (χ1) is 12.8. The molecule has 0 saturated heterocycles. The molecule has 26 heavy (non-hydrogen) atoms. The summed E-state index contributed by atoms with van der Waals surface area (Å²) in [7, 11) is 0. The highest BCUT2D eigenvalue weighted by Crippen LogP contribution is 2.23. The van der Waals surface area contributed by atoms with E-state index in [2.05, 4.69) is 39.3 Å². The van der Waals surface area contributed by atoms with Gasteiger partial charge in [0.2, 0.25) is 5.95 Å². The van der Waals surface area contributed by atoms with Crippen LogP contribution in [-0.4, -0.2) is 15.0 Å². The van der Waals surface area contributed by atoms with Gasteiger partial charge in [0.15, 0.2) is 11.6 Å². The first-order valence-corrected chi connectivity index (χ1v) is 8.48. The number of hydrogen-bond acceptors (Lipinski definition) is 4. The Labute approximate surface area is 152 Å². The Morgan fingerprint density at radius 2 is 1.08 bits per heavy atom. The molecule has 4 heteroatoms. The Balaban J connectivity index is 1.78. The Morgan fingerprint density at radius 1 is 0.577 bits per heavy atom. The minimum absolute atomic E-state index is 0.529. The van der Waals surface area contributed by atoms with Crippen molar-refractivity contribution in [2.75, 3.05) is 5.32 Å². The summed E-state index contributed by atoms with van der Waals surface area (Å²) in [5, 5.41) is 3.29. The van der Waals surface area contributed by atoms with Crippen molar-refractivity contribution < 1.29 is 0 Å². The van der Waals surface area contributed by atoms with Gasteiger partial charge < -0.3 is 5.32 Å². The molecular weight excluding hydrogens is 320 g/mol. The molecule has 1 heterocycles. The van der Waals surface area contributed by atoms with Crippen molar-refractivity contribution in [2.45, 2.75) is 6.92 Å². The lowest BCUT2D eigenvalue weighted by atomic mass is 10.2. The van der Waals surface area contributed by atoms with Crippen LogP contribution in [0.5, 0.6) is 0 Å². The zero-order valence-corrected chi connectivity index (χ0v) is 14.4. The summed E-state index contributed by atoms with van der Waals surface area (Å²) in [6, 6.07) is 28.0. The van der Waals surface area contributed by atoms with E-state index in [1.54, 1.807) is 0 Å². The monoisotopic (exact) mass is 338 g/mol. The maximum absolute atomic E-state index is 4.67. The molecule has 0 bridgehead atoms. The second-order valence-electron chi connectivity index (χ2n) is 6.03. The third-order valence-electron chi connectivity index (χ3n) is 4.01. The maximum Gasteiger partial charge on any atom is 0.231 e. The molecule has 0 fully saturated rings. The van der Waals surface area contributed by atoms with Crippen LogP contribution < -0.4 is 5.32 Å². The van der Waals surface area contributed by atoms with Crippen molar-refractivity contribution in [3.63, 3.8) is 0 Å². The number of nitrogens with zero attached hydrogens (tertiary/aromatic N) is 3. The number of anilines is 2. The predicted octanol–water partition coefficient (Wildman–Crippen LogP) is 5.26. The molecule has 0 atom stereocenters. The number of aromatic nitrogens is 3. The molecule has 4 nitrogen and oxygen atoms in total. The molecule has 3 aromatic carbocycles. The van der Waals surface area contributed by atoms with Crippen molar-refractivity contribution >= 4 is 11.6 Å². The number of nitrogens with one attached hydrogen (secondary N) is 1. The molecule has 1 aromatic heterocycles. The van der Waals surface area contributed by atoms with E-state index in [-0.39, 0.29) is 0 Å². The minimum Gasteiger partial charge on any atom is -0.324 e. The first-order valence-electron chi connectivity index (χ1n) is 8.48. The molecule has 4 rings (SSSR count). The van der Waals surface area contributed by atoms with E-state index in [0.29, 0.717) is 17.6 Å². The number of rotatable bonds is 4. The van der Waals surface area contributed by atoms with Gasteiger partial charge >= 0.3 is 0 Å². The van der Waals surface area contributed by atoms with Gasteiger partial charge in [-0.2, -0.15) is 9.97 Å². The predicted molar refractivity (Wildman–Crippen MR) is 105 cm³/mol. The Bertz CT molecular complexity index is 939. The van der Waals surface area contributed by atoms with E-state index in [0.717, 1.165) is 16.8 Å². The minimum atomic E-state index is 0.529. The summed E-state index contributed by atoms with van der Waals surface area (Å²) in [5.74, 6) is 1.82. The summed E-state index contributed by atoms with van der Waals surface area (Å²) < 4.78 is 0. The van der Waals surface area contributed by atoms with Gasteiger partial charge in [-0.25, -0.2) is 4.98 Å². The molecule has 0 radical (unpaired) electrons. The number of benzene rings is 3. The quantitative estimate of drug-likeness (QED) is 0.551. The molecule has 0 spiro atoms. The highest BCUT2D eigenvalue weighted by Gasteiger charge is 2.10. The van der Waals surface area contributed by atoms with Crippen molar-refractivity contribution in [2.24, 2.45) is 0 Å². The lowest BCUT2D eigenvalue weighted by molar-refractivity contribution is 1.07. The van der Waals surface area contributed by atoms with Crippen molar-refractivity contribution in [1.29, 1.82) is 0 Å². The molecular formula is C22H18N4. The normalized spacial score (nSPS) is 10.5. The van der Waals surface area contributed by atoms with Gasteiger partial charge in [0.05, 0.1) is 0 Å². The lowest BCUT2D eigenvalue weighted by Gasteiger charge is -2.09. The van der Waals surface area contributed by atoms with Crippen LogP contribution in [-0.2, 0) is 0 Å². The first kappa shape index (κ1) is 16.0. The second kappa shape index (κ2) is 7.15. The summed E-state index contributed by atoms with van der Waals surface area (Å²) >= 11 is 0. The molecule has 4 aromatic rings. The van der Waals surface area contributed by atoms with Crippen LogP contribution in [0.3, 0.4) is 0 Å².